The molecule has 1 N–H and O–H groups in total. The first-order valence-corrected chi connectivity index (χ1v) is 3.90. The van der Waals surface area contributed by atoms with Crippen LogP contribution in [-0.4, -0.2) is 25.0 Å². The van der Waals surface area contributed by atoms with Gasteiger partial charge in [0.15, 0.2) is 6.10 Å². The summed E-state index contributed by atoms with van der Waals surface area (Å²) in [5.74, 6) is -2.68. The van der Waals surface area contributed by atoms with Gasteiger partial charge in [-0.25, -0.2) is 0 Å². The van der Waals surface area contributed by atoms with Crippen LogP contribution in [0.2, 0.25) is 0 Å². The molecule has 2 atom stereocenters. The summed E-state index contributed by atoms with van der Waals surface area (Å²) in [6, 6.07) is 0. The van der Waals surface area contributed by atoms with Crippen molar-refractivity contribution in [2.24, 2.45) is 5.92 Å². The Hall–Kier alpha value is -0.460. The van der Waals surface area contributed by atoms with Crippen molar-refractivity contribution in [3.8, 4) is 0 Å². The fourth-order valence-electron chi connectivity index (χ4n) is 1.03. The maximum Gasteiger partial charge on any atom is 0.414 e. The molecule has 0 aromatic heterocycles. The van der Waals surface area contributed by atoms with Crippen molar-refractivity contribution in [1.29, 1.82) is 1.43 Å². The smallest absolute Gasteiger partial charge is 0.383 e. The van der Waals surface area contributed by atoms with E-state index in [2.05, 4.69) is 5.11 Å². The molecule has 0 radical (unpaired) electrons. The van der Waals surface area contributed by atoms with Crippen LogP contribution in [0.1, 0.15) is 19.8 Å². The van der Waals surface area contributed by atoms with Crippen molar-refractivity contribution in [2.75, 3.05) is 0 Å². The molecule has 7 heteroatoms. The predicted molar refractivity (Wildman–Crippen MR) is 36.5 cm³/mol. The van der Waals surface area contributed by atoms with Crippen LogP contribution in [0.25, 0.3) is 0 Å². The van der Waals surface area contributed by atoms with Crippen LogP contribution in [0.5, 0.6) is 0 Å². The fourth-order valence-corrected chi connectivity index (χ4v) is 1.03. The first kappa shape index (κ1) is 11.6. The van der Waals surface area contributed by atoms with E-state index < -0.39 is 30.8 Å². The number of aliphatic hydroxyl groups excluding tert-OH is 1. The molecule has 2 unspecified atom stereocenters. The second-order valence-electron chi connectivity index (χ2n) is 2.90. The third-order valence-electron chi connectivity index (χ3n) is 1.71. The second kappa shape index (κ2) is 4.37. The highest BCUT2D eigenvalue weighted by Crippen LogP contribution is 2.38. The standard InChI is InChI=1S/C7H10F6O/c1-2-3-4(6(8,9)10)5(14)7(11,12)13/h4-5,14H,2-3H2,1H3/i14T. The van der Waals surface area contributed by atoms with Gasteiger partial charge in [-0.05, 0) is 6.42 Å². The minimum atomic E-state index is -5.18. The van der Waals surface area contributed by atoms with Crippen LogP contribution >= 0.6 is 0 Å². The molecular formula is C7H10F6O. The van der Waals surface area contributed by atoms with Crippen LogP contribution in [0.3, 0.4) is 0 Å². The van der Waals surface area contributed by atoms with Crippen molar-refractivity contribution >= 4 is 0 Å². The maximum atomic E-state index is 12.2. The van der Waals surface area contributed by atoms with E-state index in [-0.39, 0.29) is 6.42 Å². The highest BCUT2D eigenvalue weighted by Gasteiger charge is 2.53. The van der Waals surface area contributed by atoms with E-state index in [0.29, 0.717) is 0 Å². The Labute approximate surface area is 78.2 Å². The van der Waals surface area contributed by atoms with Gasteiger partial charge in [0, 0.05) is 0 Å². The molecule has 0 aromatic carbocycles. The Kier molecular flexibility index (Phi) is 3.63. The number of alkyl halides is 6. The molecule has 14 heavy (non-hydrogen) atoms. The molecule has 0 aliphatic heterocycles. The largest absolute Gasteiger partial charge is 0.414 e. The lowest BCUT2D eigenvalue weighted by atomic mass is 9.96. The number of halogens is 6. The van der Waals surface area contributed by atoms with Gasteiger partial charge in [-0.1, -0.05) is 13.3 Å². The van der Waals surface area contributed by atoms with Crippen LogP contribution in [0.15, 0.2) is 0 Å². The number of hydrogen-bond donors (Lipinski definition) is 1. The number of rotatable bonds is 4. The first-order chi connectivity index (χ1) is 6.64. The van der Waals surface area contributed by atoms with Gasteiger partial charge in [-0.15, -0.1) is 0 Å². The Balaban J connectivity index is 4.87. The van der Waals surface area contributed by atoms with Crippen molar-refractivity contribution < 1.29 is 31.5 Å². The van der Waals surface area contributed by atoms with Gasteiger partial charge in [0.1, 0.15) is 0 Å². The molecule has 0 aliphatic carbocycles. The average molecular weight is 226 g/mol. The fraction of sp³-hybridized carbons (Fsp3) is 1.00. The molecule has 0 saturated heterocycles. The zero-order valence-electron chi connectivity index (χ0n) is 8.24. The molecule has 0 amide bonds. The van der Waals surface area contributed by atoms with E-state index in [4.69, 9.17) is 1.43 Å². The third kappa shape index (κ3) is 3.73. The number of hydrogen-bond acceptors (Lipinski definition) is 1. The van der Waals surface area contributed by atoms with Crippen molar-refractivity contribution in [1.82, 2.24) is 0 Å². The quantitative estimate of drug-likeness (QED) is 0.731. The van der Waals surface area contributed by atoms with E-state index in [9.17, 15) is 26.3 Å². The molecule has 0 aliphatic rings. The van der Waals surface area contributed by atoms with Crippen molar-refractivity contribution in [3.63, 3.8) is 0 Å². The van der Waals surface area contributed by atoms with E-state index in [1.54, 1.807) is 0 Å². The first-order valence-electron chi connectivity index (χ1n) is 4.30. The molecule has 0 heterocycles. The summed E-state index contributed by atoms with van der Waals surface area (Å²) in [6.45, 7) is 1.33. The molecule has 0 bridgehead atoms. The molecule has 0 fully saturated rings. The summed E-state index contributed by atoms with van der Waals surface area (Å²) in [5.41, 5.74) is 0. The van der Waals surface area contributed by atoms with Crippen LogP contribution < -0.4 is 0 Å². The topological polar surface area (TPSA) is 20.2 Å². The molecule has 0 saturated carbocycles. The maximum absolute atomic E-state index is 12.2. The van der Waals surface area contributed by atoms with Crippen LogP contribution in [-0.2, 0) is 0 Å². The monoisotopic (exact) mass is 226 g/mol. The van der Waals surface area contributed by atoms with Gasteiger partial charge in [0.25, 0.3) is 0 Å². The molecule has 86 valence electrons. The molecule has 0 rings (SSSR count). The molecule has 1 nitrogen and oxygen atoms in total. The van der Waals surface area contributed by atoms with Crippen LogP contribution in [0, 0.1) is 5.92 Å². The lowest BCUT2D eigenvalue weighted by Gasteiger charge is -2.26. The summed E-state index contributed by atoms with van der Waals surface area (Å²) >= 11 is 0. The average Bonchev–Trinajstić information content (AvgIpc) is 2.00. The lowest BCUT2D eigenvalue weighted by Crippen LogP contribution is -2.43. The molecule has 0 spiro atoms. The third-order valence-corrected chi connectivity index (χ3v) is 1.71. The van der Waals surface area contributed by atoms with E-state index in [1.165, 1.54) is 6.92 Å². The van der Waals surface area contributed by atoms with E-state index >= 15 is 0 Å². The predicted octanol–water partition coefficient (Wildman–Crippen LogP) is 2.89. The summed E-state index contributed by atoms with van der Waals surface area (Å²) in [7, 11) is 0. The summed E-state index contributed by atoms with van der Waals surface area (Å²) in [6.07, 6.45) is -14.1. The summed E-state index contributed by atoms with van der Waals surface area (Å²) in [4.78, 5) is 0. The van der Waals surface area contributed by atoms with Gasteiger partial charge in [-0.3, -0.25) is 0 Å². The van der Waals surface area contributed by atoms with Gasteiger partial charge in [0.05, 0.1) is 5.92 Å². The molecular weight excluding hydrogens is 214 g/mol. The minimum Gasteiger partial charge on any atom is -0.383 e. The minimum absolute atomic E-state index is 0.0693. The zero-order valence-corrected chi connectivity index (χ0v) is 7.24. The summed E-state index contributed by atoms with van der Waals surface area (Å²) in [5, 5.41) is 3.16. The van der Waals surface area contributed by atoms with Gasteiger partial charge >= 0.3 is 12.4 Å². The highest BCUT2D eigenvalue weighted by atomic mass is 19.4. The van der Waals surface area contributed by atoms with Gasteiger partial charge in [0.2, 0.25) is 1.43 Å². The van der Waals surface area contributed by atoms with Crippen LogP contribution in [0.4, 0.5) is 26.3 Å². The van der Waals surface area contributed by atoms with Gasteiger partial charge in [-0.2, -0.15) is 26.3 Å². The molecule has 0 aromatic rings. The van der Waals surface area contributed by atoms with E-state index in [1.807, 2.05) is 0 Å². The second-order valence-corrected chi connectivity index (χ2v) is 2.90. The van der Waals surface area contributed by atoms with E-state index in [0.717, 1.165) is 0 Å². The zero-order chi connectivity index (χ0) is 12.3. The Morgan fingerprint density at radius 3 is 1.86 bits per heavy atom. The van der Waals surface area contributed by atoms with Crippen molar-refractivity contribution in [3.05, 3.63) is 0 Å². The Morgan fingerprint density at radius 1 is 1.14 bits per heavy atom. The highest BCUT2D eigenvalue weighted by molar-refractivity contribution is 4.80. The van der Waals surface area contributed by atoms with Gasteiger partial charge < -0.3 is 5.11 Å². The normalized spacial score (nSPS) is 18.9. The number of aliphatic hydroxyl groups is 1. The Morgan fingerprint density at radius 2 is 1.64 bits per heavy atom. The Bertz CT molecular complexity index is 189. The summed E-state index contributed by atoms with van der Waals surface area (Å²) < 4.78 is 79.0. The van der Waals surface area contributed by atoms with Crippen molar-refractivity contribution in [2.45, 2.75) is 38.2 Å². The SMILES string of the molecule is [3H]OC(C(CCC)C(F)(F)F)C(F)(F)F. The lowest BCUT2D eigenvalue weighted by molar-refractivity contribution is -0.276.